The van der Waals surface area contributed by atoms with E-state index in [0.717, 1.165) is 54.4 Å². The summed E-state index contributed by atoms with van der Waals surface area (Å²) in [6, 6.07) is 0.387. The summed E-state index contributed by atoms with van der Waals surface area (Å²) in [5, 5.41) is 6.70. The lowest BCUT2D eigenvalue weighted by Gasteiger charge is -2.31. The fourth-order valence-electron chi connectivity index (χ4n) is 4.73. The van der Waals surface area contributed by atoms with E-state index in [0.29, 0.717) is 12.7 Å². The quantitative estimate of drug-likeness (QED) is 0.507. The molecule has 3 aliphatic rings. The number of allylic oxidation sites excluding steroid dienone is 10. The van der Waals surface area contributed by atoms with Gasteiger partial charge in [-0.15, -0.1) is 0 Å². The molecule has 1 atom stereocenters. The van der Waals surface area contributed by atoms with Gasteiger partial charge in [0, 0.05) is 30.2 Å². The first-order valence-electron chi connectivity index (χ1n) is 11.8. The molecule has 2 N–H and O–H groups in total. The van der Waals surface area contributed by atoms with Gasteiger partial charge in [0.05, 0.1) is 5.70 Å². The average molecular weight is 446 g/mol. The van der Waals surface area contributed by atoms with Crippen molar-refractivity contribution >= 4 is 5.84 Å². The number of aliphatic imine (C=N–C) groups is 1. The third-order valence-corrected chi connectivity index (χ3v) is 6.67. The maximum Gasteiger partial charge on any atom is 0.147 e. The number of likely N-dealkylation sites (tertiary alicyclic amines) is 1. The fourth-order valence-corrected chi connectivity index (χ4v) is 4.73. The Morgan fingerprint density at radius 3 is 2.48 bits per heavy atom. The van der Waals surface area contributed by atoms with Crippen molar-refractivity contribution in [1.82, 2.24) is 20.4 Å². The highest BCUT2D eigenvalue weighted by Crippen LogP contribution is 2.34. The molecule has 1 unspecified atom stereocenters. The van der Waals surface area contributed by atoms with Crippen molar-refractivity contribution in [3.8, 4) is 0 Å². The van der Waals surface area contributed by atoms with Crippen LogP contribution in [0.15, 0.2) is 101 Å². The second-order valence-corrected chi connectivity index (χ2v) is 8.89. The molecule has 1 saturated heterocycles. The maximum absolute atomic E-state index is 4.77. The standard InChI is InChI=1S/C28H39N5/c1-8-9-10-12-20(2)31-22(4)25-16-14-24(15-17-25)21(3)27-28(29-6)30-19-33(27)23(5)26-13-11-18-32(26)7/h8-10,12,14,16,26,31H,1,4-5,11,13,15,17-19H2,2-3,6-7H3,(H,29,30)/b10-9-,20-12+,27-21+. The predicted octanol–water partition coefficient (Wildman–Crippen LogP) is 5.16. The monoisotopic (exact) mass is 445 g/mol. The normalized spacial score (nSPS) is 23.3. The van der Waals surface area contributed by atoms with Crippen molar-refractivity contribution in [3.05, 3.63) is 95.7 Å². The predicted molar refractivity (Wildman–Crippen MR) is 141 cm³/mol. The van der Waals surface area contributed by atoms with Crippen LogP contribution in [-0.2, 0) is 0 Å². The van der Waals surface area contributed by atoms with Gasteiger partial charge in [0.2, 0.25) is 0 Å². The molecule has 0 aromatic carbocycles. The Morgan fingerprint density at radius 1 is 1.15 bits per heavy atom. The number of hydrogen-bond donors (Lipinski definition) is 2. The molecule has 0 bridgehead atoms. The smallest absolute Gasteiger partial charge is 0.147 e. The van der Waals surface area contributed by atoms with Crippen LogP contribution in [0, 0.1) is 0 Å². The first-order chi connectivity index (χ1) is 15.9. The highest BCUT2D eigenvalue weighted by atomic mass is 15.3. The second kappa shape index (κ2) is 11.2. The molecule has 1 fully saturated rings. The Kier molecular flexibility index (Phi) is 8.34. The van der Waals surface area contributed by atoms with Gasteiger partial charge in [-0.2, -0.15) is 0 Å². The molecule has 3 rings (SSSR count). The zero-order valence-corrected chi connectivity index (χ0v) is 20.7. The molecule has 176 valence electrons. The molecule has 0 radical (unpaired) electrons. The summed E-state index contributed by atoms with van der Waals surface area (Å²) in [6.07, 6.45) is 16.4. The molecule has 0 aromatic heterocycles. The van der Waals surface area contributed by atoms with Crippen LogP contribution in [0.5, 0.6) is 0 Å². The second-order valence-electron chi connectivity index (χ2n) is 8.89. The van der Waals surface area contributed by atoms with Crippen LogP contribution in [0.4, 0.5) is 0 Å². The zero-order chi connectivity index (χ0) is 24.0. The average Bonchev–Trinajstić information content (AvgIpc) is 3.44. The summed E-state index contributed by atoms with van der Waals surface area (Å²) in [4.78, 5) is 9.48. The molecule has 33 heavy (non-hydrogen) atoms. The minimum Gasteiger partial charge on any atom is -0.372 e. The van der Waals surface area contributed by atoms with Crippen LogP contribution in [0.2, 0.25) is 0 Å². The van der Waals surface area contributed by atoms with Crippen LogP contribution in [0.25, 0.3) is 0 Å². The van der Waals surface area contributed by atoms with Gasteiger partial charge in [0.25, 0.3) is 0 Å². The zero-order valence-electron chi connectivity index (χ0n) is 20.7. The first kappa shape index (κ1) is 24.6. The van der Waals surface area contributed by atoms with Crippen LogP contribution in [0.1, 0.15) is 39.5 Å². The van der Waals surface area contributed by atoms with Gasteiger partial charge in [-0.05, 0) is 75.9 Å². The van der Waals surface area contributed by atoms with E-state index in [1.165, 1.54) is 23.1 Å². The lowest BCUT2D eigenvalue weighted by Crippen LogP contribution is -2.36. The Balaban J connectivity index is 1.80. The molecular weight excluding hydrogens is 406 g/mol. The van der Waals surface area contributed by atoms with Crippen LogP contribution in [-0.4, -0.2) is 49.0 Å². The van der Waals surface area contributed by atoms with E-state index in [-0.39, 0.29) is 0 Å². The summed E-state index contributed by atoms with van der Waals surface area (Å²) in [6.45, 7) is 18.4. The van der Waals surface area contributed by atoms with Gasteiger partial charge < -0.3 is 15.5 Å². The molecule has 1 aliphatic carbocycles. The lowest BCUT2D eigenvalue weighted by atomic mass is 9.91. The number of amidine groups is 1. The SMILES string of the molecule is C=C/C=C\C=C(/C)NC(=C)C1=CC=C(/C(C)=C2\C(NC)=NCN2C(=C)C2CCCN2C)CC1. The summed E-state index contributed by atoms with van der Waals surface area (Å²) in [5.74, 6) is 0.949. The first-order valence-corrected chi connectivity index (χ1v) is 11.8. The van der Waals surface area contributed by atoms with E-state index in [1.807, 2.05) is 32.2 Å². The topological polar surface area (TPSA) is 42.9 Å². The van der Waals surface area contributed by atoms with Crippen molar-refractivity contribution in [2.75, 3.05) is 27.3 Å². The number of nitrogens with one attached hydrogen (secondary N) is 2. The minimum absolute atomic E-state index is 0.387. The van der Waals surface area contributed by atoms with E-state index >= 15 is 0 Å². The van der Waals surface area contributed by atoms with Gasteiger partial charge in [0.1, 0.15) is 12.5 Å². The fraction of sp³-hybridized carbons (Fsp3) is 0.393. The van der Waals surface area contributed by atoms with Crippen LogP contribution < -0.4 is 10.6 Å². The van der Waals surface area contributed by atoms with E-state index in [2.05, 4.69) is 66.3 Å². The van der Waals surface area contributed by atoms with Crippen molar-refractivity contribution in [3.63, 3.8) is 0 Å². The summed E-state index contributed by atoms with van der Waals surface area (Å²) < 4.78 is 0. The molecule has 2 heterocycles. The van der Waals surface area contributed by atoms with Gasteiger partial charge in [-0.1, -0.05) is 50.1 Å². The molecule has 2 aliphatic heterocycles. The largest absolute Gasteiger partial charge is 0.372 e. The third-order valence-electron chi connectivity index (χ3n) is 6.67. The molecule has 0 amide bonds. The van der Waals surface area contributed by atoms with Crippen molar-refractivity contribution in [1.29, 1.82) is 0 Å². The highest BCUT2D eigenvalue weighted by Gasteiger charge is 2.33. The van der Waals surface area contributed by atoms with Crippen molar-refractivity contribution < 1.29 is 0 Å². The third kappa shape index (κ3) is 5.66. The molecule has 0 saturated carbocycles. The van der Waals surface area contributed by atoms with E-state index in [1.54, 1.807) is 6.08 Å². The van der Waals surface area contributed by atoms with E-state index < -0.39 is 0 Å². The Labute approximate surface area is 200 Å². The molecule has 5 heteroatoms. The molecule has 0 spiro atoms. The van der Waals surface area contributed by atoms with Crippen molar-refractivity contribution in [2.24, 2.45) is 4.99 Å². The van der Waals surface area contributed by atoms with Gasteiger partial charge in [-0.25, -0.2) is 4.99 Å². The van der Waals surface area contributed by atoms with Gasteiger partial charge in [0.15, 0.2) is 0 Å². The Morgan fingerprint density at radius 2 is 1.88 bits per heavy atom. The van der Waals surface area contributed by atoms with Crippen molar-refractivity contribution in [2.45, 2.75) is 45.6 Å². The summed E-state index contributed by atoms with van der Waals surface area (Å²) in [5.41, 5.74) is 8.16. The molecule has 5 nitrogen and oxygen atoms in total. The molecule has 0 aromatic rings. The van der Waals surface area contributed by atoms with Crippen LogP contribution in [0.3, 0.4) is 0 Å². The van der Waals surface area contributed by atoms with E-state index in [9.17, 15) is 0 Å². The maximum atomic E-state index is 4.77. The number of rotatable bonds is 8. The lowest BCUT2D eigenvalue weighted by molar-refractivity contribution is 0.295. The number of nitrogens with zero attached hydrogens (tertiary/aromatic N) is 3. The van der Waals surface area contributed by atoms with E-state index in [4.69, 9.17) is 4.99 Å². The Bertz CT molecular complexity index is 986. The summed E-state index contributed by atoms with van der Waals surface area (Å²) in [7, 11) is 4.14. The molecular formula is C28H39N5. The summed E-state index contributed by atoms with van der Waals surface area (Å²) >= 11 is 0. The van der Waals surface area contributed by atoms with Gasteiger partial charge >= 0.3 is 0 Å². The van der Waals surface area contributed by atoms with Crippen LogP contribution >= 0.6 is 0 Å². The Hall–Kier alpha value is -3.05. The minimum atomic E-state index is 0.387. The number of hydrogen-bond acceptors (Lipinski definition) is 5. The van der Waals surface area contributed by atoms with Gasteiger partial charge in [-0.3, -0.25) is 4.90 Å². The highest BCUT2D eigenvalue weighted by molar-refractivity contribution is 6.00. The number of likely N-dealkylation sites (N-methyl/N-ethyl adjacent to an activating group) is 2.